The molecule has 2 aromatic heterocycles. The normalized spacial score (nSPS) is 10.2. The van der Waals surface area contributed by atoms with Gasteiger partial charge in [0.15, 0.2) is 12.4 Å². The molecule has 2 N–H and O–H groups in total. The van der Waals surface area contributed by atoms with Crippen LogP contribution in [-0.4, -0.2) is 24.4 Å². The molecule has 0 unspecified atom stereocenters. The number of carbonyl (C=O) groups excluding carboxylic acids is 3. The molecule has 0 aliphatic heterocycles. The van der Waals surface area contributed by atoms with Crippen LogP contribution in [0.25, 0.3) is 0 Å². The third-order valence-electron chi connectivity index (χ3n) is 3.51. The van der Waals surface area contributed by atoms with Crippen molar-refractivity contribution in [2.45, 2.75) is 6.54 Å². The first-order valence-electron chi connectivity index (χ1n) is 8.03. The van der Waals surface area contributed by atoms with Crippen LogP contribution in [0.1, 0.15) is 26.7 Å². The molecule has 8 heteroatoms. The van der Waals surface area contributed by atoms with Crippen molar-refractivity contribution in [3.8, 4) is 0 Å². The van der Waals surface area contributed by atoms with Crippen LogP contribution in [0.4, 0.5) is 5.69 Å². The Bertz CT molecular complexity index is 916. The summed E-state index contributed by atoms with van der Waals surface area (Å²) in [5.74, 6) is -1.03. The van der Waals surface area contributed by atoms with Crippen molar-refractivity contribution in [3.05, 3.63) is 78.1 Å². The van der Waals surface area contributed by atoms with E-state index in [-0.39, 0.29) is 23.6 Å². The molecule has 0 saturated heterocycles. The van der Waals surface area contributed by atoms with Crippen molar-refractivity contribution in [2.75, 3.05) is 11.9 Å². The summed E-state index contributed by atoms with van der Waals surface area (Å²) in [4.78, 5) is 36.1. The number of furan rings is 2. The minimum atomic E-state index is -0.738. The Hall–Kier alpha value is -3.81. The molecule has 0 atom stereocenters. The Morgan fingerprint density at radius 1 is 0.926 bits per heavy atom. The summed E-state index contributed by atoms with van der Waals surface area (Å²) in [6, 6.07) is 12.8. The maximum absolute atomic E-state index is 12.3. The average Bonchev–Trinajstić information content (AvgIpc) is 3.38. The fourth-order valence-corrected chi connectivity index (χ4v) is 2.22. The van der Waals surface area contributed by atoms with Crippen LogP contribution < -0.4 is 10.6 Å². The molecule has 0 radical (unpaired) electrons. The van der Waals surface area contributed by atoms with Gasteiger partial charge in [-0.3, -0.25) is 9.59 Å². The van der Waals surface area contributed by atoms with Gasteiger partial charge in [0.1, 0.15) is 5.76 Å². The van der Waals surface area contributed by atoms with Crippen LogP contribution in [0.2, 0.25) is 0 Å². The number of hydrogen-bond donors (Lipinski definition) is 2. The first kappa shape index (κ1) is 18.0. The number of hydrogen-bond acceptors (Lipinski definition) is 6. The lowest BCUT2D eigenvalue weighted by Gasteiger charge is -2.10. The highest BCUT2D eigenvalue weighted by atomic mass is 16.5. The van der Waals surface area contributed by atoms with Gasteiger partial charge in [-0.15, -0.1) is 0 Å². The average molecular weight is 368 g/mol. The molecule has 138 valence electrons. The molecule has 0 bridgehead atoms. The Morgan fingerprint density at radius 2 is 1.70 bits per heavy atom. The number of nitrogens with one attached hydrogen (secondary N) is 2. The lowest BCUT2D eigenvalue weighted by molar-refractivity contribution is -0.124. The third-order valence-corrected chi connectivity index (χ3v) is 3.51. The Labute approximate surface area is 154 Å². The molecule has 0 saturated carbocycles. The van der Waals surface area contributed by atoms with E-state index in [1.54, 1.807) is 36.4 Å². The zero-order chi connectivity index (χ0) is 19.1. The summed E-state index contributed by atoms with van der Waals surface area (Å²) in [5, 5.41) is 5.14. The molecule has 27 heavy (non-hydrogen) atoms. The fraction of sp³-hybridized carbons (Fsp3) is 0.105. The highest BCUT2D eigenvalue weighted by Crippen LogP contribution is 2.17. The molecule has 8 nitrogen and oxygen atoms in total. The van der Waals surface area contributed by atoms with E-state index in [9.17, 15) is 14.4 Å². The van der Waals surface area contributed by atoms with Gasteiger partial charge in [0.2, 0.25) is 0 Å². The van der Waals surface area contributed by atoms with Crippen LogP contribution in [-0.2, 0) is 16.1 Å². The van der Waals surface area contributed by atoms with E-state index < -0.39 is 24.4 Å². The predicted molar refractivity (Wildman–Crippen MR) is 93.9 cm³/mol. The molecule has 0 aliphatic rings. The van der Waals surface area contributed by atoms with E-state index in [1.807, 2.05) is 0 Å². The highest BCUT2D eigenvalue weighted by Gasteiger charge is 2.17. The van der Waals surface area contributed by atoms with Gasteiger partial charge in [0.05, 0.1) is 30.3 Å². The number of ether oxygens (including phenoxy) is 1. The second-order valence-corrected chi connectivity index (χ2v) is 5.41. The van der Waals surface area contributed by atoms with Crippen LogP contribution in [0.15, 0.2) is 69.9 Å². The Balaban J connectivity index is 1.56. The summed E-state index contributed by atoms with van der Waals surface area (Å²) in [6.45, 7) is -0.265. The summed E-state index contributed by atoms with van der Waals surface area (Å²) in [6.07, 6.45) is 2.87. The lowest BCUT2D eigenvalue weighted by atomic mass is 10.1. The van der Waals surface area contributed by atoms with Crippen molar-refractivity contribution < 1.29 is 28.0 Å². The first-order valence-corrected chi connectivity index (χ1v) is 8.03. The molecular formula is C19H16N2O6. The third kappa shape index (κ3) is 4.85. The van der Waals surface area contributed by atoms with Crippen LogP contribution in [0.5, 0.6) is 0 Å². The summed E-state index contributed by atoms with van der Waals surface area (Å²) in [7, 11) is 0. The predicted octanol–water partition coefficient (Wildman–Crippen LogP) is 2.60. The van der Waals surface area contributed by atoms with Crippen molar-refractivity contribution in [2.24, 2.45) is 0 Å². The van der Waals surface area contributed by atoms with Crippen molar-refractivity contribution in [3.63, 3.8) is 0 Å². The van der Waals surface area contributed by atoms with Gasteiger partial charge in [-0.1, -0.05) is 12.1 Å². The Morgan fingerprint density at radius 3 is 2.44 bits per heavy atom. The van der Waals surface area contributed by atoms with Gasteiger partial charge >= 0.3 is 5.97 Å². The maximum Gasteiger partial charge on any atom is 0.340 e. The van der Waals surface area contributed by atoms with Gasteiger partial charge < -0.3 is 24.2 Å². The standard InChI is InChI=1S/C19H16N2O6/c22-17(20-11-13-5-3-9-25-13)12-27-19(24)14-6-1-2-7-15(14)21-18(23)16-8-4-10-26-16/h1-10H,11-12H2,(H,20,22)(H,21,23). The maximum atomic E-state index is 12.3. The van der Waals surface area contributed by atoms with Crippen molar-refractivity contribution >= 4 is 23.5 Å². The molecule has 1 aromatic carbocycles. The van der Waals surface area contributed by atoms with E-state index in [0.717, 1.165) is 0 Å². The molecule has 3 rings (SSSR count). The second kappa shape index (κ2) is 8.52. The number of esters is 1. The quantitative estimate of drug-likeness (QED) is 0.620. The van der Waals surface area contributed by atoms with E-state index in [1.165, 1.54) is 24.7 Å². The minimum absolute atomic E-state index is 0.107. The lowest BCUT2D eigenvalue weighted by Crippen LogP contribution is -2.28. The topological polar surface area (TPSA) is 111 Å². The first-order chi connectivity index (χ1) is 13.1. The van der Waals surface area contributed by atoms with Crippen LogP contribution in [0.3, 0.4) is 0 Å². The number of benzene rings is 1. The highest BCUT2D eigenvalue weighted by molar-refractivity contribution is 6.06. The van der Waals surface area contributed by atoms with E-state index >= 15 is 0 Å². The fourth-order valence-electron chi connectivity index (χ4n) is 2.22. The van der Waals surface area contributed by atoms with Crippen LogP contribution >= 0.6 is 0 Å². The van der Waals surface area contributed by atoms with Crippen LogP contribution in [0, 0.1) is 0 Å². The summed E-state index contributed by atoms with van der Waals surface area (Å²) in [5.41, 5.74) is 0.371. The SMILES string of the molecule is O=C(COC(=O)c1ccccc1NC(=O)c1ccco1)NCc1ccco1. The van der Waals surface area contributed by atoms with Crippen molar-refractivity contribution in [1.29, 1.82) is 0 Å². The monoisotopic (exact) mass is 368 g/mol. The zero-order valence-electron chi connectivity index (χ0n) is 14.1. The number of carbonyl (C=O) groups is 3. The molecule has 2 heterocycles. The minimum Gasteiger partial charge on any atom is -0.467 e. The van der Waals surface area contributed by atoms with Gasteiger partial charge in [-0.05, 0) is 36.4 Å². The van der Waals surface area contributed by atoms with Gasteiger partial charge in [0.25, 0.3) is 11.8 Å². The number of amides is 2. The molecule has 0 aliphatic carbocycles. The zero-order valence-corrected chi connectivity index (χ0v) is 14.1. The van der Waals surface area contributed by atoms with E-state index in [2.05, 4.69) is 10.6 Å². The largest absolute Gasteiger partial charge is 0.467 e. The molecule has 0 spiro atoms. The molecule has 3 aromatic rings. The molecule has 2 amide bonds. The molecular weight excluding hydrogens is 352 g/mol. The van der Waals surface area contributed by atoms with Crippen molar-refractivity contribution in [1.82, 2.24) is 5.32 Å². The van der Waals surface area contributed by atoms with Gasteiger partial charge in [-0.2, -0.15) is 0 Å². The molecule has 0 fully saturated rings. The summed E-state index contributed by atoms with van der Waals surface area (Å²) < 4.78 is 15.1. The van der Waals surface area contributed by atoms with Gasteiger partial charge in [-0.25, -0.2) is 4.79 Å². The summed E-state index contributed by atoms with van der Waals surface area (Å²) >= 11 is 0. The number of rotatable bonds is 7. The van der Waals surface area contributed by atoms with E-state index in [4.69, 9.17) is 13.6 Å². The Kier molecular flexibility index (Phi) is 5.68. The number of para-hydroxylation sites is 1. The number of anilines is 1. The smallest absolute Gasteiger partial charge is 0.340 e. The van der Waals surface area contributed by atoms with Gasteiger partial charge in [0, 0.05) is 0 Å². The van der Waals surface area contributed by atoms with E-state index in [0.29, 0.717) is 5.76 Å². The second-order valence-electron chi connectivity index (χ2n) is 5.41.